The third-order valence-corrected chi connectivity index (χ3v) is 6.66. The Morgan fingerprint density at radius 1 is 1.22 bits per heavy atom. The van der Waals surface area contributed by atoms with Crippen LogP contribution in [0.3, 0.4) is 0 Å². The van der Waals surface area contributed by atoms with Crippen LogP contribution in [-0.4, -0.2) is 38.3 Å². The number of thiophene rings is 1. The Balaban J connectivity index is 1.57. The molecule has 12 heteroatoms. The lowest BCUT2D eigenvalue weighted by molar-refractivity contribution is 0.0949. The molecule has 37 heavy (non-hydrogen) atoms. The number of nitrogens with two attached hydrogens (primary N) is 1. The van der Waals surface area contributed by atoms with E-state index >= 15 is 0 Å². The normalized spacial score (nSPS) is 11.8. The summed E-state index contributed by atoms with van der Waals surface area (Å²) in [4.78, 5) is 28.9. The molecule has 0 aliphatic heterocycles. The summed E-state index contributed by atoms with van der Waals surface area (Å²) in [7, 11) is 1.71. The Hall–Kier alpha value is -4.16. The van der Waals surface area contributed by atoms with E-state index in [0.717, 1.165) is 11.3 Å². The molecule has 4 aromatic rings. The second kappa shape index (κ2) is 10.8. The number of anilines is 2. The third kappa shape index (κ3) is 5.81. The first-order valence-electron chi connectivity index (χ1n) is 11.2. The molecule has 9 nitrogen and oxygen atoms in total. The zero-order valence-corrected chi connectivity index (χ0v) is 20.8. The van der Waals surface area contributed by atoms with Gasteiger partial charge >= 0.3 is 0 Å². The second-order valence-electron chi connectivity index (χ2n) is 8.39. The number of benzene rings is 1. The zero-order chi connectivity index (χ0) is 26.7. The maximum atomic E-state index is 14.9. The molecule has 0 radical (unpaired) electrons. The van der Waals surface area contributed by atoms with Crippen molar-refractivity contribution in [2.24, 2.45) is 12.8 Å². The van der Waals surface area contributed by atoms with Crippen LogP contribution in [0.25, 0.3) is 10.4 Å². The molecule has 1 atom stereocenters. The van der Waals surface area contributed by atoms with Crippen molar-refractivity contribution in [3.8, 4) is 10.4 Å². The number of nitrogens with zero attached hydrogens (tertiary/aromatic N) is 3. The lowest BCUT2D eigenvalue weighted by Gasteiger charge is -2.11. The van der Waals surface area contributed by atoms with Crippen LogP contribution < -0.4 is 16.4 Å². The molecule has 0 saturated heterocycles. The number of aliphatic hydroxyl groups is 1. The molecule has 4 rings (SSSR count). The first-order chi connectivity index (χ1) is 17.7. The zero-order valence-electron chi connectivity index (χ0n) is 20.0. The molecule has 3 aromatic heterocycles. The molecule has 5 N–H and O–H groups in total. The van der Waals surface area contributed by atoms with Crippen LogP contribution in [-0.2, 0) is 13.6 Å². The summed E-state index contributed by atoms with van der Waals surface area (Å²) in [5.41, 5.74) is 6.54. The van der Waals surface area contributed by atoms with Crippen molar-refractivity contribution in [3.63, 3.8) is 0 Å². The average Bonchev–Trinajstić information content (AvgIpc) is 3.48. The molecule has 1 unspecified atom stereocenters. The molecule has 3 heterocycles. The van der Waals surface area contributed by atoms with Crippen molar-refractivity contribution in [3.05, 3.63) is 82.8 Å². The molecule has 2 amide bonds. The van der Waals surface area contributed by atoms with Gasteiger partial charge in [0.1, 0.15) is 22.5 Å². The van der Waals surface area contributed by atoms with Gasteiger partial charge in [0, 0.05) is 30.6 Å². The monoisotopic (exact) mass is 526 g/mol. The largest absolute Gasteiger partial charge is 0.396 e. The Labute approximate surface area is 215 Å². The molecular formula is C25H24F2N6O3S. The molecule has 0 fully saturated rings. The number of hydrogen-bond acceptors (Lipinski definition) is 7. The lowest BCUT2D eigenvalue weighted by atomic mass is 9.99. The van der Waals surface area contributed by atoms with Crippen LogP contribution in [0, 0.1) is 11.6 Å². The Morgan fingerprint density at radius 2 is 1.95 bits per heavy atom. The maximum absolute atomic E-state index is 14.9. The van der Waals surface area contributed by atoms with Gasteiger partial charge in [-0.2, -0.15) is 5.10 Å². The number of rotatable bonds is 9. The standard InChI is InChI=1S/C25H24F2N6O3S/c1-13(12-34)14-6-18(26)22(19(27)7-14)20-8-17(23(28)35)25(37-20)32-21-5-3-4-16(31-21)10-29-24(36)15-9-30-33(2)11-15/h3-9,11,13,34H,10,12H2,1-2H3,(H2,28,35)(H,29,36)(H,31,32). The highest BCUT2D eigenvalue weighted by Crippen LogP contribution is 2.39. The summed E-state index contributed by atoms with van der Waals surface area (Å²) in [6.07, 6.45) is 3.04. The predicted octanol–water partition coefficient (Wildman–Crippen LogP) is 3.69. The van der Waals surface area contributed by atoms with Gasteiger partial charge < -0.3 is 21.5 Å². The van der Waals surface area contributed by atoms with E-state index in [4.69, 9.17) is 5.73 Å². The highest BCUT2D eigenvalue weighted by molar-refractivity contribution is 7.20. The first kappa shape index (κ1) is 25.9. The SMILES string of the molecule is CC(CO)c1cc(F)c(-c2cc(C(N)=O)c(Nc3cccc(CNC(=O)c4cnn(C)c4)n3)s2)c(F)c1. The van der Waals surface area contributed by atoms with Crippen LogP contribution in [0.4, 0.5) is 19.6 Å². The number of nitrogens with one attached hydrogen (secondary N) is 2. The minimum Gasteiger partial charge on any atom is -0.396 e. The molecule has 1 aromatic carbocycles. The van der Waals surface area contributed by atoms with Crippen molar-refractivity contribution in [2.45, 2.75) is 19.4 Å². The van der Waals surface area contributed by atoms with E-state index in [2.05, 4.69) is 20.7 Å². The summed E-state index contributed by atoms with van der Waals surface area (Å²) < 4.78 is 31.3. The van der Waals surface area contributed by atoms with Gasteiger partial charge in [0.2, 0.25) is 0 Å². The van der Waals surface area contributed by atoms with E-state index in [1.807, 2.05) is 0 Å². The van der Waals surface area contributed by atoms with Crippen LogP contribution in [0.2, 0.25) is 0 Å². The van der Waals surface area contributed by atoms with Crippen molar-refractivity contribution >= 4 is 34.0 Å². The maximum Gasteiger partial charge on any atom is 0.254 e. The minimum absolute atomic E-state index is 0.0451. The van der Waals surface area contributed by atoms with Gasteiger partial charge in [0.15, 0.2) is 0 Å². The number of aryl methyl sites for hydroxylation is 1. The number of aromatic nitrogens is 3. The molecule has 0 bridgehead atoms. The van der Waals surface area contributed by atoms with Gasteiger partial charge in [-0.3, -0.25) is 14.3 Å². The van der Waals surface area contributed by atoms with Crippen LogP contribution >= 0.6 is 11.3 Å². The van der Waals surface area contributed by atoms with Crippen LogP contribution in [0.5, 0.6) is 0 Å². The summed E-state index contributed by atoms with van der Waals surface area (Å²) >= 11 is 0.947. The number of hydrogen-bond donors (Lipinski definition) is 4. The van der Waals surface area contributed by atoms with E-state index in [-0.39, 0.29) is 40.1 Å². The quantitative estimate of drug-likeness (QED) is 0.263. The molecule has 0 aliphatic carbocycles. The van der Waals surface area contributed by atoms with E-state index in [9.17, 15) is 23.5 Å². The predicted molar refractivity (Wildman–Crippen MR) is 136 cm³/mol. The van der Waals surface area contributed by atoms with E-state index in [1.54, 1.807) is 38.4 Å². The fourth-order valence-corrected chi connectivity index (χ4v) is 4.70. The average molecular weight is 527 g/mol. The Morgan fingerprint density at radius 3 is 2.57 bits per heavy atom. The highest BCUT2D eigenvalue weighted by atomic mass is 32.1. The van der Waals surface area contributed by atoms with Gasteiger partial charge in [-0.1, -0.05) is 13.0 Å². The first-order valence-corrected chi connectivity index (χ1v) is 12.0. The molecule has 0 spiro atoms. The van der Waals surface area contributed by atoms with Crippen molar-refractivity contribution in [1.29, 1.82) is 0 Å². The second-order valence-corrected chi connectivity index (χ2v) is 9.44. The summed E-state index contributed by atoms with van der Waals surface area (Å²) in [5.74, 6) is -2.82. The van der Waals surface area contributed by atoms with Gasteiger partial charge in [-0.25, -0.2) is 13.8 Å². The van der Waals surface area contributed by atoms with Gasteiger partial charge in [0.25, 0.3) is 11.8 Å². The Kier molecular flexibility index (Phi) is 7.60. The van der Waals surface area contributed by atoms with Crippen LogP contribution in [0.15, 0.2) is 48.8 Å². The Bertz CT molecular complexity index is 1450. The van der Waals surface area contributed by atoms with Gasteiger partial charge in [0.05, 0.1) is 35.1 Å². The highest BCUT2D eigenvalue weighted by Gasteiger charge is 2.22. The molecule has 0 saturated carbocycles. The van der Waals surface area contributed by atoms with Crippen molar-refractivity contribution < 1.29 is 23.5 Å². The van der Waals surface area contributed by atoms with Gasteiger partial charge in [-0.15, -0.1) is 11.3 Å². The fraction of sp³-hybridized carbons (Fsp3) is 0.200. The van der Waals surface area contributed by atoms with Crippen LogP contribution in [0.1, 0.15) is 44.8 Å². The minimum atomic E-state index is -0.816. The topological polar surface area (TPSA) is 135 Å². The number of pyridine rings is 1. The summed E-state index contributed by atoms with van der Waals surface area (Å²) in [6, 6.07) is 8.72. The number of primary amides is 1. The fourth-order valence-electron chi connectivity index (χ4n) is 3.58. The third-order valence-electron chi connectivity index (χ3n) is 5.60. The number of amides is 2. The summed E-state index contributed by atoms with van der Waals surface area (Å²) in [5, 5.41) is 19.3. The number of aliphatic hydroxyl groups excluding tert-OH is 1. The van der Waals surface area contributed by atoms with Gasteiger partial charge in [-0.05, 0) is 35.9 Å². The molecule has 0 aliphatic rings. The van der Waals surface area contributed by atoms with E-state index in [0.29, 0.717) is 22.6 Å². The molecule has 192 valence electrons. The number of carbonyl (C=O) groups excluding carboxylic acids is 2. The van der Waals surface area contributed by atoms with Crippen molar-refractivity contribution in [1.82, 2.24) is 20.1 Å². The van der Waals surface area contributed by atoms with Crippen molar-refractivity contribution in [2.75, 3.05) is 11.9 Å². The summed E-state index contributed by atoms with van der Waals surface area (Å²) in [6.45, 7) is 1.53. The molecular weight excluding hydrogens is 502 g/mol. The number of halogens is 2. The smallest absolute Gasteiger partial charge is 0.254 e. The van der Waals surface area contributed by atoms with E-state index < -0.39 is 23.5 Å². The number of carbonyl (C=O) groups is 2. The lowest BCUT2D eigenvalue weighted by Crippen LogP contribution is -2.23. The van der Waals surface area contributed by atoms with E-state index in [1.165, 1.54) is 29.1 Å².